The van der Waals surface area contributed by atoms with Crippen molar-refractivity contribution in [3.63, 3.8) is 0 Å². The molecule has 1 aromatic carbocycles. The van der Waals surface area contributed by atoms with Crippen LogP contribution in [0.4, 0.5) is 11.4 Å². The summed E-state index contributed by atoms with van der Waals surface area (Å²) in [4.78, 5) is 33.4. The van der Waals surface area contributed by atoms with Crippen LogP contribution in [-0.2, 0) is 9.53 Å². The van der Waals surface area contributed by atoms with Gasteiger partial charge >= 0.3 is 5.97 Å². The monoisotopic (exact) mass is 295 g/mol. The van der Waals surface area contributed by atoms with Crippen molar-refractivity contribution < 1.29 is 19.2 Å². The first-order valence-electron chi connectivity index (χ1n) is 6.26. The van der Waals surface area contributed by atoms with Crippen LogP contribution in [0.1, 0.15) is 30.1 Å². The summed E-state index contributed by atoms with van der Waals surface area (Å²) in [6.07, 6.45) is 0.679. The van der Waals surface area contributed by atoms with E-state index in [9.17, 15) is 19.7 Å². The van der Waals surface area contributed by atoms with E-state index in [1.807, 2.05) is 0 Å². The minimum atomic E-state index is -0.718. The number of hydrogen-bond donors (Lipinski definition) is 2. The zero-order valence-corrected chi connectivity index (χ0v) is 11.8. The Hall–Kier alpha value is -2.48. The number of rotatable bonds is 6. The first-order valence-corrected chi connectivity index (χ1v) is 6.26. The van der Waals surface area contributed by atoms with Gasteiger partial charge in [-0.25, -0.2) is 4.79 Å². The Morgan fingerprint density at radius 1 is 1.43 bits per heavy atom. The molecule has 1 amide bonds. The first-order chi connectivity index (χ1) is 9.83. The predicted molar refractivity (Wildman–Crippen MR) is 75.9 cm³/mol. The van der Waals surface area contributed by atoms with E-state index in [0.717, 1.165) is 6.07 Å². The number of nitrogens with zero attached hydrogens (tertiary/aromatic N) is 1. The lowest BCUT2D eigenvalue weighted by Crippen LogP contribution is -2.19. The molecule has 0 saturated carbocycles. The topological polar surface area (TPSA) is 125 Å². The predicted octanol–water partition coefficient (Wildman–Crippen LogP) is 1.45. The van der Waals surface area contributed by atoms with Crippen LogP contribution in [0.25, 0.3) is 0 Å². The van der Waals surface area contributed by atoms with Crippen molar-refractivity contribution in [1.82, 2.24) is 0 Å². The van der Waals surface area contributed by atoms with Crippen molar-refractivity contribution in [3.05, 3.63) is 33.9 Å². The smallest absolute Gasteiger partial charge is 0.338 e. The normalized spacial score (nSPS) is 11.6. The van der Waals surface area contributed by atoms with Gasteiger partial charge in [0.2, 0.25) is 5.91 Å². The van der Waals surface area contributed by atoms with Gasteiger partial charge in [0, 0.05) is 30.3 Å². The Kier molecular flexibility index (Phi) is 5.79. The number of benzene rings is 1. The molecule has 114 valence electrons. The fourth-order valence-electron chi connectivity index (χ4n) is 1.61. The molecule has 0 fully saturated rings. The highest BCUT2D eigenvalue weighted by atomic mass is 16.6. The molecule has 0 radical (unpaired) electrons. The van der Waals surface area contributed by atoms with Crippen molar-refractivity contribution in [2.24, 2.45) is 5.73 Å². The van der Waals surface area contributed by atoms with E-state index in [1.54, 1.807) is 6.92 Å². The fraction of sp³-hybridized carbons (Fsp3) is 0.385. The van der Waals surface area contributed by atoms with Crippen LogP contribution in [0.5, 0.6) is 0 Å². The molecule has 1 unspecified atom stereocenters. The van der Waals surface area contributed by atoms with E-state index in [-0.39, 0.29) is 35.3 Å². The zero-order valence-electron chi connectivity index (χ0n) is 11.8. The SMILES string of the molecule is COC(=O)c1cc(NC(=O)CCC(C)N)cc([N+](=O)[O-])c1. The zero-order chi connectivity index (χ0) is 16.0. The average Bonchev–Trinajstić information content (AvgIpc) is 2.43. The maximum absolute atomic E-state index is 11.7. The third-order valence-electron chi connectivity index (χ3n) is 2.66. The second-order valence-electron chi connectivity index (χ2n) is 4.58. The standard InChI is InChI=1S/C13H17N3O5/c1-8(14)3-4-12(17)15-10-5-9(13(18)21-2)6-11(7-10)16(19)20/h5-8H,3-4,14H2,1-2H3,(H,15,17). The number of esters is 1. The van der Waals surface area contributed by atoms with Gasteiger partial charge in [0.15, 0.2) is 0 Å². The lowest BCUT2D eigenvalue weighted by Gasteiger charge is -2.08. The molecular formula is C13H17N3O5. The maximum atomic E-state index is 11.7. The summed E-state index contributed by atoms with van der Waals surface area (Å²) in [6.45, 7) is 1.77. The fourth-order valence-corrected chi connectivity index (χ4v) is 1.61. The van der Waals surface area contributed by atoms with Crippen molar-refractivity contribution in [3.8, 4) is 0 Å². The first kappa shape index (κ1) is 16.6. The highest BCUT2D eigenvalue weighted by Crippen LogP contribution is 2.22. The number of nitrogens with one attached hydrogen (secondary N) is 1. The van der Waals surface area contributed by atoms with Crippen molar-refractivity contribution >= 4 is 23.3 Å². The van der Waals surface area contributed by atoms with Gasteiger partial charge < -0.3 is 15.8 Å². The number of hydrogen-bond acceptors (Lipinski definition) is 6. The molecule has 1 aromatic rings. The Bertz CT molecular complexity index is 557. The number of methoxy groups -OCH3 is 1. The Labute approximate surface area is 121 Å². The number of ether oxygens (including phenoxy) is 1. The van der Waals surface area contributed by atoms with Gasteiger partial charge in [0.25, 0.3) is 5.69 Å². The highest BCUT2D eigenvalue weighted by Gasteiger charge is 2.16. The van der Waals surface area contributed by atoms with Crippen LogP contribution in [0, 0.1) is 10.1 Å². The molecule has 0 aliphatic carbocycles. The maximum Gasteiger partial charge on any atom is 0.338 e. The van der Waals surface area contributed by atoms with Gasteiger partial charge in [-0.15, -0.1) is 0 Å². The number of anilines is 1. The van der Waals surface area contributed by atoms with E-state index in [4.69, 9.17) is 5.73 Å². The molecule has 0 spiro atoms. The molecule has 8 nitrogen and oxygen atoms in total. The van der Waals surface area contributed by atoms with Crippen LogP contribution < -0.4 is 11.1 Å². The summed E-state index contributed by atoms with van der Waals surface area (Å²) in [5.41, 5.74) is 5.40. The molecule has 1 rings (SSSR count). The third-order valence-corrected chi connectivity index (χ3v) is 2.66. The molecule has 8 heteroatoms. The van der Waals surface area contributed by atoms with Crippen LogP contribution in [-0.4, -0.2) is 30.0 Å². The molecule has 1 atom stereocenters. The number of nitro benzene ring substituents is 1. The van der Waals surface area contributed by atoms with Crippen molar-refractivity contribution in [1.29, 1.82) is 0 Å². The molecule has 0 aromatic heterocycles. The number of nitrogens with two attached hydrogens (primary N) is 1. The van der Waals surface area contributed by atoms with Gasteiger partial charge in [0.1, 0.15) is 0 Å². The second kappa shape index (κ2) is 7.34. The van der Waals surface area contributed by atoms with E-state index in [0.29, 0.717) is 6.42 Å². The van der Waals surface area contributed by atoms with Crippen LogP contribution >= 0.6 is 0 Å². The summed E-state index contributed by atoms with van der Waals surface area (Å²) < 4.78 is 4.52. The molecule has 21 heavy (non-hydrogen) atoms. The van der Waals surface area contributed by atoms with E-state index in [2.05, 4.69) is 10.1 Å². The van der Waals surface area contributed by atoms with Gasteiger partial charge in [-0.2, -0.15) is 0 Å². The van der Waals surface area contributed by atoms with Gasteiger partial charge in [-0.1, -0.05) is 0 Å². The van der Waals surface area contributed by atoms with Gasteiger partial charge in [0.05, 0.1) is 17.6 Å². The number of carbonyl (C=O) groups excluding carboxylic acids is 2. The summed E-state index contributed by atoms with van der Waals surface area (Å²) in [5, 5.41) is 13.3. The van der Waals surface area contributed by atoms with Crippen molar-refractivity contribution in [2.45, 2.75) is 25.8 Å². The minimum absolute atomic E-state index is 0.00538. The Balaban J connectivity index is 2.95. The third kappa shape index (κ3) is 5.19. The second-order valence-corrected chi connectivity index (χ2v) is 4.58. The highest BCUT2D eigenvalue weighted by molar-refractivity contribution is 5.95. The van der Waals surface area contributed by atoms with E-state index < -0.39 is 10.9 Å². The lowest BCUT2D eigenvalue weighted by atomic mass is 10.1. The lowest BCUT2D eigenvalue weighted by molar-refractivity contribution is -0.384. The largest absolute Gasteiger partial charge is 0.465 e. The number of nitro groups is 1. The molecule has 3 N–H and O–H groups in total. The molecular weight excluding hydrogens is 278 g/mol. The van der Waals surface area contributed by atoms with Crippen LogP contribution in [0.3, 0.4) is 0 Å². The Morgan fingerprint density at radius 2 is 2.10 bits per heavy atom. The summed E-state index contributed by atoms with van der Waals surface area (Å²) >= 11 is 0. The number of amides is 1. The van der Waals surface area contributed by atoms with Crippen LogP contribution in [0.15, 0.2) is 18.2 Å². The van der Waals surface area contributed by atoms with E-state index in [1.165, 1.54) is 19.2 Å². The molecule has 0 aliphatic rings. The molecule has 0 saturated heterocycles. The minimum Gasteiger partial charge on any atom is -0.465 e. The van der Waals surface area contributed by atoms with E-state index >= 15 is 0 Å². The summed E-state index contributed by atoms with van der Waals surface area (Å²) in [7, 11) is 1.17. The van der Waals surface area contributed by atoms with Crippen LogP contribution in [0.2, 0.25) is 0 Å². The molecule has 0 aliphatic heterocycles. The average molecular weight is 295 g/mol. The quantitative estimate of drug-likeness (QED) is 0.465. The Morgan fingerprint density at radius 3 is 2.62 bits per heavy atom. The summed E-state index contributed by atoms with van der Waals surface area (Å²) in [6, 6.07) is 3.47. The molecule has 0 bridgehead atoms. The van der Waals surface area contributed by atoms with Gasteiger partial charge in [-0.3, -0.25) is 14.9 Å². The summed E-state index contributed by atoms with van der Waals surface area (Å²) in [5.74, 6) is -1.05. The number of non-ortho nitro benzene ring substituents is 1. The number of carbonyl (C=O) groups is 2. The molecule has 0 heterocycles. The van der Waals surface area contributed by atoms with Crippen molar-refractivity contribution in [2.75, 3.05) is 12.4 Å². The van der Waals surface area contributed by atoms with Gasteiger partial charge in [-0.05, 0) is 19.4 Å².